The van der Waals surface area contributed by atoms with E-state index in [9.17, 15) is 0 Å². The highest BCUT2D eigenvalue weighted by Crippen LogP contribution is 2.30. The van der Waals surface area contributed by atoms with Gasteiger partial charge in [0.05, 0.1) is 6.54 Å². The molecule has 0 saturated heterocycles. The van der Waals surface area contributed by atoms with Crippen LogP contribution in [-0.2, 0) is 0 Å². The lowest BCUT2D eigenvalue weighted by Gasteiger charge is -2.25. The number of thioether (sulfide) groups is 1. The number of guanidine groups is 1. The van der Waals surface area contributed by atoms with Gasteiger partial charge in [0, 0.05) is 13.1 Å². The van der Waals surface area contributed by atoms with Gasteiger partial charge >= 0.3 is 0 Å². The second-order valence-electron chi connectivity index (χ2n) is 5.34. The van der Waals surface area contributed by atoms with Crippen LogP contribution in [0.5, 0.6) is 11.5 Å². The lowest BCUT2D eigenvalue weighted by molar-refractivity contribution is 0.0971. The minimum atomic E-state index is -0.0446. The quantitative estimate of drug-likeness (QED) is 0.268. The highest BCUT2D eigenvalue weighted by atomic mass is 127. The van der Waals surface area contributed by atoms with Crippen molar-refractivity contribution >= 4 is 41.7 Å². The number of para-hydroxylation sites is 2. The molecule has 2 N–H and O–H groups in total. The molecule has 5 nitrogen and oxygen atoms in total. The number of ether oxygens (including phenoxy) is 2. The highest BCUT2D eigenvalue weighted by molar-refractivity contribution is 14.0. The Morgan fingerprint density at radius 2 is 2.04 bits per heavy atom. The monoisotopic (exact) mass is 465 g/mol. The molecule has 0 radical (unpaired) electrons. The van der Waals surface area contributed by atoms with Crippen LogP contribution in [0.2, 0.25) is 0 Å². The average Bonchev–Trinajstić information content (AvgIpc) is 2.59. The highest BCUT2D eigenvalue weighted by Gasteiger charge is 2.20. The third kappa shape index (κ3) is 7.38. The molecule has 0 aliphatic carbocycles. The second-order valence-corrected chi connectivity index (χ2v) is 6.33. The Morgan fingerprint density at radius 3 is 2.79 bits per heavy atom. The van der Waals surface area contributed by atoms with Gasteiger partial charge in [0.15, 0.2) is 23.6 Å². The van der Waals surface area contributed by atoms with Gasteiger partial charge in [-0.1, -0.05) is 12.1 Å². The summed E-state index contributed by atoms with van der Waals surface area (Å²) in [4.78, 5) is 4.61. The second kappa shape index (κ2) is 12.5. The van der Waals surface area contributed by atoms with Crippen molar-refractivity contribution in [1.82, 2.24) is 10.6 Å². The number of halogens is 1. The minimum absolute atomic E-state index is 0. The average molecular weight is 465 g/mol. The van der Waals surface area contributed by atoms with E-state index in [1.165, 1.54) is 12.2 Å². The van der Waals surface area contributed by atoms with E-state index in [2.05, 4.69) is 28.8 Å². The smallest absolute Gasteiger partial charge is 0.191 e. The first kappa shape index (κ1) is 21.2. The molecule has 1 aliphatic heterocycles. The molecule has 0 saturated carbocycles. The molecule has 136 valence electrons. The van der Waals surface area contributed by atoms with Crippen LogP contribution in [0.15, 0.2) is 29.3 Å². The van der Waals surface area contributed by atoms with Crippen LogP contribution in [-0.4, -0.2) is 50.3 Å². The molecule has 1 aromatic rings. The van der Waals surface area contributed by atoms with Gasteiger partial charge in [-0.15, -0.1) is 24.0 Å². The number of rotatable bonds is 8. The maximum Gasteiger partial charge on any atom is 0.191 e. The van der Waals surface area contributed by atoms with Crippen molar-refractivity contribution in [2.45, 2.75) is 25.9 Å². The van der Waals surface area contributed by atoms with Crippen molar-refractivity contribution in [3.63, 3.8) is 0 Å². The Bertz CT molecular complexity index is 502. The standard InChI is InChI=1S/C17H27N3O2S.HI/c1-3-18-17(19-10-6-7-11-23-2)20-12-14-13-21-15-8-4-5-9-16(15)22-14;/h4-5,8-9,14H,3,6-7,10-13H2,1-2H3,(H2,18,19,20);1H. The Labute approximate surface area is 166 Å². The fraction of sp³-hybridized carbons (Fsp3) is 0.588. The number of unbranched alkanes of at least 4 members (excludes halogenated alkanes) is 1. The van der Waals surface area contributed by atoms with Gasteiger partial charge in [0.2, 0.25) is 0 Å². The topological polar surface area (TPSA) is 54.9 Å². The number of hydrogen-bond donors (Lipinski definition) is 2. The first-order chi connectivity index (χ1) is 11.3. The number of nitrogens with zero attached hydrogens (tertiary/aromatic N) is 1. The van der Waals surface area contributed by atoms with Crippen molar-refractivity contribution in [3.05, 3.63) is 24.3 Å². The third-order valence-electron chi connectivity index (χ3n) is 3.43. The van der Waals surface area contributed by atoms with Crippen molar-refractivity contribution in [1.29, 1.82) is 0 Å². The molecule has 0 fully saturated rings. The van der Waals surface area contributed by atoms with Gasteiger partial charge in [-0.25, -0.2) is 4.99 Å². The lowest BCUT2D eigenvalue weighted by atomic mass is 10.2. The largest absolute Gasteiger partial charge is 0.486 e. The maximum atomic E-state index is 5.93. The molecule has 7 heteroatoms. The SMILES string of the molecule is CCNC(=NCC1COc2ccccc2O1)NCCCCSC.I. The first-order valence-corrected chi connectivity index (χ1v) is 9.62. The summed E-state index contributed by atoms with van der Waals surface area (Å²) in [6.45, 7) is 4.97. The van der Waals surface area contributed by atoms with E-state index in [4.69, 9.17) is 9.47 Å². The summed E-state index contributed by atoms with van der Waals surface area (Å²) >= 11 is 1.89. The summed E-state index contributed by atoms with van der Waals surface area (Å²) in [6, 6.07) is 7.76. The molecule has 0 amide bonds. The van der Waals surface area contributed by atoms with E-state index in [-0.39, 0.29) is 30.1 Å². The van der Waals surface area contributed by atoms with E-state index < -0.39 is 0 Å². The summed E-state index contributed by atoms with van der Waals surface area (Å²) in [7, 11) is 0. The molecule has 0 spiro atoms. The van der Waals surface area contributed by atoms with Gasteiger partial charge in [-0.3, -0.25) is 0 Å². The first-order valence-electron chi connectivity index (χ1n) is 8.23. The van der Waals surface area contributed by atoms with Gasteiger partial charge in [-0.05, 0) is 43.9 Å². The fourth-order valence-corrected chi connectivity index (χ4v) is 2.76. The summed E-state index contributed by atoms with van der Waals surface area (Å²) in [5.41, 5.74) is 0. The van der Waals surface area contributed by atoms with Crippen LogP contribution in [0.25, 0.3) is 0 Å². The fourth-order valence-electron chi connectivity index (χ4n) is 2.27. The maximum absolute atomic E-state index is 5.93. The number of nitrogens with one attached hydrogen (secondary N) is 2. The van der Waals surface area contributed by atoms with Gasteiger partial charge in [0.25, 0.3) is 0 Å². The predicted molar refractivity (Wildman–Crippen MR) is 113 cm³/mol. The number of hydrogen-bond acceptors (Lipinski definition) is 4. The Hall–Kier alpha value is -0.830. The van der Waals surface area contributed by atoms with Crippen LogP contribution in [0.3, 0.4) is 0 Å². The van der Waals surface area contributed by atoms with E-state index in [1.807, 2.05) is 36.0 Å². The minimum Gasteiger partial charge on any atom is -0.486 e. The van der Waals surface area contributed by atoms with E-state index >= 15 is 0 Å². The molecule has 24 heavy (non-hydrogen) atoms. The molecule has 1 atom stereocenters. The van der Waals surface area contributed by atoms with Crippen molar-refractivity contribution in [3.8, 4) is 11.5 Å². The van der Waals surface area contributed by atoms with E-state index in [1.54, 1.807) is 0 Å². The van der Waals surface area contributed by atoms with E-state index in [0.29, 0.717) is 13.2 Å². The Balaban J connectivity index is 0.00000288. The third-order valence-corrected chi connectivity index (χ3v) is 4.13. The van der Waals surface area contributed by atoms with Gasteiger partial charge < -0.3 is 20.1 Å². The molecule has 0 bridgehead atoms. The summed E-state index contributed by atoms with van der Waals surface area (Å²) in [6.07, 6.45) is 4.48. The summed E-state index contributed by atoms with van der Waals surface area (Å²) < 4.78 is 11.6. The normalized spacial score (nSPS) is 16.2. The Kier molecular flexibility index (Phi) is 11.1. The van der Waals surface area contributed by atoms with Crippen LogP contribution < -0.4 is 20.1 Å². The van der Waals surface area contributed by atoms with Crippen molar-refractivity contribution < 1.29 is 9.47 Å². The summed E-state index contributed by atoms with van der Waals surface area (Å²) in [5, 5.41) is 6.64. The lowest BCUT2D eigenvalue weighted by Crippen LogP contribution is -2.39. The number of benzene rings is 1. The summed E-state index contributed by atoms with van der Waals surface area (Å²) in [5.74, 6) is 3.67. The van der Waals surface area contributed by atoms with Crippen molar-refractivity contribution in [2.24, 2.45) is 4.99 Å². The van der Waals surface area contributed by atoms with Crippen LogP contribution in [0.4, 0.5) is 0 Å². The number of fused-ring (bicyclic) bond motifs is 1. The van der Waals surface area contributed by atoms with Crippen molar-refractivity contribution in [2.75, 3.05) is 38.2 Å². The van der Waals surface area contributed by atoms with Gasteiger partial charge in [-0.2, -0.15) is 11.8 Å². The van der Waals surface area contributed by atoms with Crippen LogP contribution in [0.1, 0.15) is 19.8 Å². The molecule has 1 aliphatic rings. The number of aliphatic imine (C=N–C) groups is 1. The molecule has 1 heterocycles. The molecule has 1 aromatic carbocycles. The predicted octanol–water partition coefficient (Wildman–Crippen LogP) is 3.14. The molecule has 0 aromatic heterocycles. The molecule has 1 unspecified atom stereocenters. The Morgan fingerprint density at radius 1 is 1.25 bits per heavy atom. The zero-order chi connectivity index (χ0) is 16.3. The zero-order valence-electron chi connectivity index (χ0n) is 14.4. The van der Waals surface area contributed by atoms with Gasteiger partial charge in [0.1, 0.15) is 6.61 Å². The molecular formula is C17H28IN3O2S. The molecular weight excluding hydrogens is 437 g/mol. The van der Waals surface area contributed by atoms with E-state index in [0.717, 1.165) is 37.0 Å². The molecule has 2 rings (SSSR count). The van der Waals surface area contributed by atoms with Crippen LogP contribution >= 0.6 is 35.7 Å². The zero-order valence-corrected chi connectivity index (χ0v) is 17.6. The van der Waals surface area contributed by atoms with Crippen LogP contribution in [0, 0.1) is 0 Å².